The highest BCUT2D eigenvalue weighted by atomic mass is 16.5. The molecule has 0 saturated heterocycles. The molecule has 1 N–H and O–H groups in total. The van der Waals surface area contributed by atoms with Gasteiger partial charge < -0.3 is 10.1 Å². The van der Waals surface area contributed by atoms with E-state index in [-0.39, 0.29) is 0 Å². The molecule has 0 radical (unpaired) electrons. The highest BCUT2D eigenvalue weighted by molar-refractivity contribution is 5.39. The summed E-state index contributed by atoms with van der Waals surface area (Å²) in [5, 5.41) is 3.40. The summed E-state index contributed by atoms with van der Waals surface area (Å²) in [5.74, 6) is 0.955. The average molecular weight is 261 g/mol. The highest BCUT2D eigenvalue weighted by Gasteiger charge is 2.21. The predicted molar refractivity (Wildman–Crippen MR) is 80.6 cm³/mol. The Labute approximate surface area is 117 Å². The Balaban J connectivity index is 1.95. The second kappa shape index (κ2) is 6.53. The van der Waals surface area contributed by atoms with Gasteiger partial charge in [0.25, 0.3) is 0 Å². The smallest absolute Gasteiger partial charge is 0.0661 e. The van der Waals surface area contributed by atoms with Crippen molar-refractivity contribution >= 4 is 0 Å². The van der Waals surface area contributed by atoms with Crippen LogP contribution in [-0.4, -0.2) is 20.3 Å². The fraction of sp³-hybridized carbons (Fsp3) is 0.647. The normalized spacial score (nSPS) is 16.6. The molecular formula is C17H27NO. The molecule has 19 heavy (non-hydrogen) atoms. The molecule has 1 aromatic carbocycles. The van der Waals surface area contributed by atoms with Gasteiger partial charge in [-0.3, -0.25) is 0 Å². The van der Waals surface area contributed by atoms with E-state index in [9.17, 15) is 0 Å². The number of rotatable bonds is 7. The molecule has 0 bridgehead atoms. The maximum Gasteiger partial charge on any atom is 0.0661 e. The number of ether oxygens (including phenoxy) is 1. The second-order valence-electron chi connectivity index (χ2n) is 5.96. The zero-order valence-electron chi connectivity index (χ0n) is 12.8. The van der Waals surface area contributed by atoms with E-state index in [0.29, 0.717) is 6.04 Å². The SMILES string of the molecule is CNC(COCCC1CC1)c1c(C)cc(C)cc1C. The van der Waals surface area contributed by atoms with Crippen molar-refractivity contribution < 1.29 is 4.74 Å². The van der Waals surface area contributed by atoms with Gasteiger partial charge in [0.15, 0.2) is 0 Å². The van der Waals surface area contributed by atoms with Crippen LogP contribution in [0.4, 0.5) is 0 Å². The van der Waals surface area contributed by atoms with Gasteiger partial charge in [-0.25, -0.2) is 0 Å². The predicted octanol–water partition coefficient (Wildman–Crippen LogP) is 3.69. The summed E-state index contributed by atoms with van der Waals surface area (Å²) in [6.45, 7) is 8.23. The largest absolute Gasteiger partial charge is 0.379 e. The molecule has 2 rings (SSSR count). The lowest BCUT2D eigenvalue weighted by Crippen LogP contribution is -2.24. The van der Waals surface area contributed by atoms with Gasteiger partial charge in [0.2, 0.25) is 0 Å². The standard InChI is InChI=1S/C17H27NO/c1-12-9-13(2)17(14(3)10-12)16(18-4)11-19-8-7-15-5-6-15/h9-10,15-16,18H,5-8,11H2,1-4H3. The van der Waals surface area contributed by atoms with Gasteiger partial charge >= 0.3 is 0 Å². The van der Waals surface area contributed by atoms with E-state index in [2.05, 4.69) is 38.2 Å². The third-order valence-electron chi connectivity index (χ3n) is 4.09. The molecule has 0 heterocycles. The molecule has 2 heteroatoms. The summed E-state index contributed by atoms with van der Waals surface area (Å²) < 4.78 is 5.87. The van der Waals surface area contributed by atoms with Crippen LogP contribution in [-0.2, 0) is 4.74 Å². The first-order valence-corrected chi connectivity index (χ1v) is 7.44. The van der Waals surface area contributed by atoms with Gasteiger partial charge in [0.1, 0.15) is 0 Å². The van der Waals surface area contributed by atoms with E-state index in [1.807, 2.05) is 7.05 Å². The summed E-state index contributed by atoms with van der Waals surface area (Å²) in [4.78, 5) is 0. The molecule has 1 atom stereocenters. The van der Waals surface area contributed by atoms with Gasteiger partial charge in [-0.05, 0) is 56.8 Å². The van der Waals surface area contributed by atoms with Crippen LogP contribution in [0.2, 0.25) is 0 Å². The van der Waals surface area contributed by atoms with Crippen LogP contribution in [0.25, 0.3) is 0 Å². The molecule has 1 aromatic rings. The topological polar surface area (TPSA) is 21.3 Å². The first-order valence-electron chi connectivity index (χ1n) is 7.44. The fourth-order valence-electron chi connectivity index (χ4n) is 2.91. The summed E-state index contributed by atoms with van der Waals surface area (Å²) in [6.07, 6.45) is 4.06. The Hall–Kier alpha value is -0.860. The molecule has 1 saturated carbocycles. The fourth-order valence-corrected chi connectivity index (χ4v) is 2.91. The zero-order chi connectivity index (χ0) is 13.8. The zero-order valence-corrected chi connectivity index (χ0v) is 12.8. The van der Waals surface area contributed by atoms with Crippen LogP contribution in [0.5, 0.6) is 0 Å². The van der Waals surface area contributed by atoms with Crippen molar-refractivity contribution in [2.45, 2.75) is 46.1 Å². The first kappa shape index (κ1) is 14.5. The van der Waals surface area contributed by atoms with E-state index >= 15 is 0 Å². The van der Waals surface area contributed by atoms with Gasteiger partial charge in [-0.15, -0.1) is 0 Å². The van der Waals surface area contributed by atoms with Crippen LogP contribution in [0.15, 0.2) is 12.1 Å². The Morgan fingerprint density at radius 3 is 2.37 bits per heavy atom. The van der Waals surface area contributed by atoms with E-state index in [1.54, 1.807) is 0 Å². The van der Waals surface area contributed by atoms with Gasteiger partial charge in [0.05, 0.1) is 12.6 Å². The molecule has 1 fully saturated rings. The molecule has 0 aliphatic heterocycles. The van der Waals surface area contributed by atoms with Crippen molar-refractivity contribution in [2.75, 3.05) is 20.3 Å². The second-order valence-corrected chi connectivity index (χ2v) is 5.96. The van der Waals surface area contributed by atoms with Crippen LogP contribution in [0.3, 0.4) is 0 Å². The minimum Gasteiger partial charge on any atom is -0.379 e. The molecule has 106 valence electrons. The number of hydrogen-bond donors (Lipinski definition) is 1. The molecular weight excluding hydrogens is 234 g/mol. The third-order valence-corrected chi connectivity index (χ3v) is 4.09. The highest BCUT2D eigenvalue weighted by Crippen LogP contribution is 2.32. The minimum atomic E-state index is 0.305. The summed E-state index contributed by atoms with van der Waals surface area (Å²) in [6, 6.07) is 4.83. The Morgan fingerprint density at radius 1 is 1.21 bits per heavy atom. The van der Waals surface area contributed by atoms with Gasteiger partial charge in [-0.1, -0.05) is 30.5 Å². The van der Waals surface area contributed by atoms with Crippen LogP contribution >= 0.6 is 0 Å². The maximum atomic E-state index is 5.87. The number of likely N-dealkylation sites (N-methyl/N-ethyl adjacent to an activating group) is 1. The van der Waals surface area contributed by atoms with Crippen LogP contribution < -0.4 is 5.32 Å². The summed E-state index contributed by atoms with van der Waals surface area (Å²) >= 11 is 0. The van der Waals surface area contributed by atoms with E-state index in [0.717, 1.165) is 19.1 Å². The summed E-state index contributed by atoms with van der Waals surface area (Å²) in [7, 11) is 2.02. The van der Waals surface area contributed by atoms with Gasteiger partial charge in [0, 0.05) is 6.61 Å². The van der Waals surface area contributed by atoms with Gasteiger partial charge in [-0.2, -0.15) is 0 Å². The van der Waals surface area contributed by atoms with Crippen LogP contribution in [0.1, 0.15) is 47.6 Å². The Bertz CT molecular complexity index is 400. The molecule has 0 aromatic heterocycles. The quantitative estimate of drug-likeness (QED) is 0.756. The number of benzene rings is 1. The van der Waals surface area contributed by atoms with E-state index in [1.165, 1.54) is 41.5 Å². The monoisotopic (exact) mass is 261 g/mol. The Kier molecular flexibility index (Phi) is 5.00. The molecule has 1 aliphatic rings. The molecule has 0 spiro atoms. The van der Waals surface area contributed by atoms with Crippen molar-refractivity contribution in [3.8, 4) is 0 Å². The number of hydrogen-bond acceptors (Lipinski definition) is 2. The Morgan fingerprint density at radius 2 is 1.84 bits per heavy atom. The van der Waals surface area contributed by atoms with E-state index < -0.39 is 0 Å². The number of aryl methyl sites for hydroxylation is 3. The van der Waals surface area contributed by atoms with Crippen molar-refractivity contribution in [1.82, 2.24) is 5.32 Å². The third kappa shape index (κ3) is 4.05. The number of nitrogens with one attached hydrogen (secondary N) is 1. The lowest BCUT2D eigenvalue weighted by atomic mass is 9.94. The lowest BCUT2D eigenvalue weighted by Gasteiger charge is -2.22. The minimum absolute atomic E-state index is 0.305. The van der Waals surface area contributed by atoms with Crippen molar-refractivity contribution in [1.29, 1.82) is 0 Å². The molecule has 1 unspecified atom stereocenters. The molecule has 2 nitrogen and oxygen atoms in total. The van der Waals surface area contributed by atoms with Crippen molar-refractivity contribution in [3.05, 3.63) is 34.4 Å². The average Bonchev–Trinajstić information content (AvgIpc) is 3.14. The molecule has 1 aliphatic carbocycles. The van der Waals surface area contributed by atoms with Crippen molar-refractivity contribution in [3.63, 3.8) is 0 Å². The first-order chi connectivity index (χ1) is 9.11. The maximum absolute atomic E-state index is 5.87. The van der Waals surface area contributed by atoms with E-state index in [4.69, 9.17) is 4.74 Å². The van der Waals surface area contributed by atoms with Crippen molar-refractivity contribution in [2.24, 2.45) is 5.92 Å². The lowest BCUT2D eigenvalue weighted by molar-refractivity contribution is 0.108. The van der Waals surface area contributed by atoms with Crippen LogP contribution in [0, 0.1) is 26.7 Å². The summed E-state index contributed by atoms with van der Waals surface area (Å²) in [5.41, 5.74) is 5.47. The molecule has 0 amide bonds.